The molecule has 6 nitrogen and oxygen atoms in total. The lowest BCUT2D eigenvalue weighted by molar-refractivity contribution is -0.132. The fraction of sp³-hybridized carbons (Fsp3) is 0.364. The molecule has 0 N–H and O–H groups in total. The molecule has 0 spiro atoms. The molecule has 1 aromatic carbocycles. The van der Waals surface area contributed by atoms with E-state index in [4.69, 9.17) is 25.5 Å². The van der Waals surface area contributed by atoms with Crippen molar-refractivity contribution in [3.8, 4) is 23.8 Å². The van der Waals surface area contributed by atoms with Gasteiger partial charge in [-0.3, -0.25) is 0 Å². The molecule has 0 fully saturated rings. The van der Waals surface area contributed by atoms with Crippen molar-refractivity contribution in [3.63, 3.8) is 0 Å². The smallest absolute Gasteiger partial charge is 0.360 e. The number of nitrogens with zero attached hydrogens (tertiary/aromatic N) is 1. The van der Waals surface area contributed by atoms with Crippen LogP contribution in [0.15, 0.2) is 51.7 Å². The lowest BCUT2D eigenvalue weighted by Crippen LogP contribution is -2.24. The summed E-state index contributed by atoms with van der Waals surface area (Å²) in [5, 5.41) is 3.90. The van der Waals surface area contributed by atoms with E-state index in [2.05, 4.69) is 18.0 Å². The van der Waals surface area contributed by atoms with Crippen LogP contribution >= 0.6 is 0 Å². The minimum atomic E-state index is -0.536. The number of terminal acetylenes is 1. The molecule has 0 saturated heterocycles. The highest BCUT2D eigenvalue weighted by Crippen LogP contribution is 2.32. The maximum absolute atomic E-state index is 12.2. The summed E-state index contributed by atoms with van der Waals surface area (Å²) in [4.78, 5) is 17.1. The molecular weight excluding hydrogens is 358 g/mol. The number of benzene rings is 1. The molecule has 0 radical (unpaired) electrons. The molecule has 0 saturated carbocycles. The molecule has 148 valence electrons. The van der Waals surface area contributed by atoms with Crippen molar-refractivity contribution in [1.82, 2.24) is 0 Å². The third-order valence-corrected chi connectivity index (χ3v) is 4.46. The van der Waals surface area contributed by atoms with Crippen LogP contribution in [0.2, 0.25) is 0 Å². The molecule has 1 aromatic rings. The van der Waals surface area contributed by atoms with E-state index in [0.29, 0.717) is 30.9 Å². The molecule has 6 heteroatoms. The van der Waals surface area contributed by atoms with Gasteiger partial charge in [-0.25, -0.2) is 4.79 Å². The molecule has 0 atom stereocenters. The van der Waals surface area contributed by atoms with Crippen LogP contribution in [0.4, 0.5) is 0 Å². The standard InChI is InChI=1S/C22H25NO5/c1-6-10-27-18-8-7-9-19(13-18)28-14-17-11-15(2)16(3)12-20(17)21(23-26-5)22(24)25-4/h1,7-9,13H,10-12,14H2,2-5H3/b23-21+. The molecule has 28 heavy (non-hydrogen) atoms. The predicted molar refractivity (Wildman–Crippen MR) is 107 cm³/mol. The van der Waals surface area contributed by atoms with Gasteiger partial charge in [0, 0.05) is 6.07 Å². The van der Waals surface area contributed by atoms with Crippen LogP contribution in [0, 0.1) is 12.3 Å². The van der Waals surface area contributed by atoms with Crippen molar-refractivity contribution < 1.29 is 23.8 Å². The molecule has 1 aliphatic carbocycles. The summed E-state index contributed by atoms with van der Waals surface area (Å²) in [6.07, 6.45) is 6.50. The Hall–Kier alpha value is -3.20. The molecule has 0 amide bonds. The van der Waals surface area contributed by atoms with Crippen molar-refractivity contribution in [2.45, 2.75) is 26.7 Å². The molecule has 0 aromatic heterocycles. The van der Waals surface area contributed by atoms with Gasteiger partial charge in [0.1, 0.15) is 31.8 Å². The van der Waals surface area contributed by atoms with Gasteiger partial charge >= 0.3 is 5.97 Å². The van der Waals surface area contributed by atoms with E-state index in [0.717, 1.165) is 11.1 Å². The Kier molecular flexibility index (Phi) is 7.70. The van der Waals surface area contributed by atoms with Crippen molar-refractivity contribution >= 4 is 11.7 Å². The van der Waals surface area contributed by atoms with Crippen LogP contribution in [0.1, 0.15) is 26.7 Å². The number of allylic oxidation sites excluding steroid dienone is 2. The van der Waals surface area contributed by atoms with E-state index in [1.807, 2.05) is 25.1 Å². The van der Waals surface area contributed by atoms with Crippen LogP contribution in [-0.2, 0) is 14.4 Å². The van der Waals surface area contributed by atoms with E-state index in [1.54, 1.807) is 6.07 Å². The second-order valence-corrected chi connectivity index (χ2v) is 6.37. The van der Waals surface area contributed by atoms with E-state index in [1.165, 1.54) is 25.4 Å². The highest BCUT2D eigenvalue weighted by atomic mass is 16.6. The lowest BCUT2D eigenvalue weighted by atomic mass is 9.85. The number of carbonyl (C=O) groups is 1. The number of hydrogen-bond donors (Lipinski definition) is 0. The van der Waals surface area contributed by atoms with Crippen LogP contribution in [0.5, 0.6) is 11.5 Å². The SMILES string of the molecule is C#CCOc1cccc(OCC2=C(/C(=N\OC)C(=O)OC)CC(C)=C(C)C2)c1. The summed E-state index contributed by atoms with van der Waals surface area (Å²) in [6.45, 7) is 4.61. The Labute approximate surface area is 165 Å². The number of rotatable bonds is 8. The van der Waals surface area contributed by atoms with Crippen LogP contribution in [0.3, 0.4) is 0 Å². The van der Waals surface area contributed by atoms with Gasteiger partial charge in [-0.2, -0.15) is 0 Å². The monoisotopic (exact) mass is 383 g/mol. The fourth-order valence-electron chi connectivity index (χ4n) is 2.86. The fourth-order valence-corrected chi connectivity index (χ4v) is 2.86. The minimum Gasteiger partial charge on any atom is -0.489 e. The third kappa shape index (κ3) is 5.40. The second kappa shape index (κ2) is 10.2. The number of esters is 1. The second-order valence-electron chi connectivity index (χ2n) is 6.37. The molecular formula is C22H25NO5. The number of hydrogen-bond acceptors (Lipinski definition) is 6. The first-order chi connectivity index (χ1) is 13.5. The summed E-state index contributed by atoms with van der Waals surface area (Å²) >= 11 is 0. The Bertz CT molecular complexity index is 858. The topological polar surface area (TPSA) is 66.3 Å². The quantitative estimate of drug-likeness (QED) is 0.225. The van der Waals surface area contributed by atoms with Gasteiger partial charge in [0.05, 0.1) is 7.11 Å². The van der Waals surface area contributed by atoms with Crippen LogP contribution < -0.4 is 9.47 Å². The molecule has 0 bridgehead atoms. The maximum Gasteiger partial charge on any atom is 0.360 e. The molecule has 0 unspecified atom stereocenters. The number of ether oxygens (including phenoxy) is 3. The average molecular weight is 383 g/mol. The Morgan fingerprint density at radius 2 is 1.82 bits per heavy atom. The van der Waals surface area contributed by atoms with E-state index in [9.17, 15) is 4.79 Å². The molecule has 2 rings (SSSR count). The van der Waals surface area contributed by atoms with Crippen molar-refractivity contribution in [1.29, 1.82) is 0 Å². The first kappa shape index (κ1) is 21.1. The molecule has 0 heterocycles. The van der Waals surface area contributed by atoms with Crippen molar-refractivity contribution in [2.24, 2.45) is 5.16 Å². The lowest BCUT2D eigenvalue weighted by Gasteiger charge is -2.23. The zero-order valence-corrected chi connectivity index (χ0v) is 16.7. The Morgan fingerprint density at radius 3 is 2.46 bits per heavy atom. The van der Waals surface area contributed by atoms with Gasteiger partial charge in [-0.1, -0.05) is 28.3 Å². The number of carbonyl (C=O) groups excluding carboxylic acids is 1. The van der Waals surface area contributed by atoms with Gasteiger partial charge in [0.25, 0.3) is 0 Å². The summed E-state index contributed by atoms with van der Waals surface area (Å²) in [5.74, 6) is 3.18. The predicted octanol–water partition coefficient (Wildman–Crippen LogP) is 3.68. The highest BCUT2D eigenvalue weighted by molar-refractivity contribution is 6.43. The summed E-state index contributed by atoms with van der Waals surface area (Å²) in [6, 6.07) is 7.26. The number of methoxy groups -OCH3 is 1. The van der Waals surface area contributed by atoms with E-state index >= 15 is 0 Å². The zero-order chi connectivity index (χ0) is 20.5. The van der Waals surface area contributed by atoms with Crippen molar-refractivity contribution in [3.05, 3.63) is 46.6 Å². The normalized spacial score (nSPS) is 14.5. The van der Waals surface area contributed by atoms with Crippen LogP contribution in [0.25, 0.3) is 0 Å². The molecule has 0 aliphatic heterocycles. The summed E-state index contributed by atoms with van der Waals surface area (Å²) in [7, 11) is 2.72. The summed E-state index contributed by atoms with van der Waals surface area (Å²) in [5.41, 5.74) is 4.34. The van der Waals surface area contributed by atoms with E-state index < -0.39 is 5.97 Å². The average Bonchev–Trinajstić information content (AvgIpc) is 2.71. The largest absolute Gasteiger partial charge is 0.489 e. The van der Waals surface area contributed by atoms with Gasteiger partial charge in [-0.15, -0.1) is 6.42 Å². The third-order valence-electron chi connectivity index (χ3n) is 4.46. The van der Waals surface area contributed by atoms with Crippen molar-refractivity contribution in [2.75, 3.05) is 27.4 Å². The van der Waals surface area contributed by atoms with Gasteiger partial charge in [-0.05, 0) is 50.0 Å². The molecule has 1 aliphatic rings. The Balaban J connectivity index is 2.27. The minimum absolute atomic E-state index is 0.168. The highest BCUT2D eigenvalue weighted by Gasteiger charge is 2.26. The first-order valence-electron chi connectivity index (χ1n) is 8.85. The van der Waals surface area contributed by atoms with Gasteiger partial charge in [0.15, 0.2) is 5.71 Å². The van der Waals surface area contributed by atoms with Crippen LogP contribution in [-0.4, -0.2) is 39.1 Å². The van der Waals surface area contributed by atoms with Gasteiger partial charge < -0.3 is 19.0 Å². The first-order valence-corrected chi connectivity index (χ1v) is 8.85. The van der Waals surface area contributed by atoms with E-state index in [-0.39, 0.29) is 12.3 Å². The maximum atomic E-state index is 12.2. The zero-order valence-electron chi connectivity index (χ0n) is 16.7. The van der Waals surface area contributed by atoms with Gasteiger partial charge in [0.2, 0.25) is 0 Å². The number of oxime groups is 1. The Morgan fingerprint density at radius 1 is 1.14 bits per heavy atom. The summed E-state index contributed by atoms with van der Waals surface area (Å²) < 4.78 is 16.3.